The maximum atomic E-state index is 6.02. The Bertz CT molecular complexity index is 302. The van der Waals surface area contributed by atoms with Crippen molar-refractivity contribution in [1.29, 1.82) is 0 Å². The molecule has 0 radical (unpaired) electrons. The first-order valence-corrected chi connectivity index (χ1v) is 6.57. The first-order chi connectivity index (χ1) is 8.04. The van der Waals surface area contributed by atoms with Crippen LogP contribution in [0.3, 0.4) is 0 Å². The number of ether oxygens (including phenoxy) is 1. The number of hydrogen-bond acceptors (Lipinski definition) is 2. The monoisotopic (exact) mass is 259 g/mol. The zero-order chi connectivity index (χ0) is 12.8. The van der Waals surface area contributed by atoms with Crippen molar-refractivity contribution in [2.45, 2.75) is 46.2 Å². The molecule has 0 N–H and O–H groups in total. The van der Waals surface area contributed by atoms with Gasteiger partial charge < -0.3 is 9.64 Å². The number of halogens is 1. The van der Waals surface area contributed by atoms with Gasteiger partial charge in [-0.1, -0.05) is 6.92 Å². The molecule has 0 bridgehead atoms. The lowest BCUT2D eigenvalue weighted by Crippen LogP contribution is -2.47. The Kier molecular flexibility index (Phi) is 5.92. The van der Waals surface area contributed by atoms with Crippen molar-refractivity contribution >= 4 is 22.7 Å². The predicted molar refractivity (Wildman–Crippen MR) is 73.1 cm³/mol. The van der Waals surface area contributed by atoms with Crippen molar-refractivity contribution in [2.24, 2.45) is 9.98 Å². The van der Waals surface area contributed by atoms with Gasteiger partial charge in [-0.3, -0.25) is 4.99 Å². The lowest BCUT2D eigenvalue weighted by Gasteiger charge is -2.35. The van der Waals surface area contributed by atoms with Crippen LogP contribution < -0.4 is 0 Å². The molecule has 1 heterocycles. The molecule has 0 aliphatic carbocycles. The van der Waals surface area contributed by atoms with Gasteiger partial charge in [0.2, 0.25) is 5.29 Å². The highest BCUT2D eigenvalue weighted by Crippen LogP contribution is 2.10. The van der Waals surface area contributed by atoms with Crippen LogP contribution in [0.25, 0.3) is 0 Å². The molecule has 4 nitrogen and oxygen atoms in total. The van der Waals surface area contributed by atoms with E-state index in [1.807, 2.05) is 13.8 Å². The molecule has 1 rings (SSSR count). The fourth-order valence-electron chi connectivity index (χ4n) is 1.81. The molecular formula is C12H22ClN3O. The molecule has 1 fully saturated rings. The molecular weight excluding hydrogens is 238 g/mol. The largest absolute Gasteiger partial charge is 0.377 e. The number of rotatable bonds is 2. The van der Waals surface area contributed by atoms with Crippen molar-refractivity contribution in [2.75, 3.05) is 19.8 Å². The number of nitrogens with zero attached hydrogens (tertiary/aromatic N) is 3. The van der Waals surface area contributed by atoms with E-state index in [9.17, 15) is 0 Å². The predicted octanol–water partition coefficient (Wildman–Crippen LogP) is 2.52. The number of aliphatic imine (C=N–C) groups is 2. The SMILES string of the molecule is CCC(=NC(Cl)=NC(C)C)N1CCOC[C@@H]1C. The molecule has 17 heavy (non-hydrogen) atoms. The fourth-order valence-corrected chi connectivity index (χ4v) is 2.10. The molecule has 0 aromatic carbocycles. The quantitative estimate of drug-likeness (QED) is 0.434. The smallest absolute Gasteiger partial charge is 0.219 e. The second-order valence-electron chi connectivity index (χ2n) is 4.49. The Morgan fingerprint density at radius 1 is 1.53 bits per heavy atom. The van der Waals surface area contributed by atoms with Crippen molar-refractivity contribution in [3.8, 4) is 0 Å². The summed E-state index contributed by atoms with van der Waals surface area (Å²) in [6.07, 6.45) is 0.855. The van der Waals surface area contributed by atoms with Gasteiger partial charge in [-0.05, 0) is 32.4 Å². The zero-order valence-corrected chi connectivity index (χ0v) is 11.9. The standard InChI is InChI=1S/C12H22ClN3O/c1-5-11(15-12(13)14-9(2)3)16-6-7-17-8-10(16)4/h9-10H,5-8H2,1-4H3/t10-/m0/s1. The molecule has 1 aliphatic rings. The van der Waals surface area contributed by atoms with E-state index in [2.05, 4.69) is 28.7 Å². The highest BCUT2D eigenvalue weighted by molar-refractivity contribution is 6.65. The summed E-state index contributed by atoms with van der Waals surface area (Å²) >= 11 is 6.02. The highest BCUT2D eigenvalue weighted by Gasteiger charge is 2.21. The van der Waals surface area contributed by atoms with Crippen LogP contribution in [0.5, 0.6) is 0 Å². The Labute approximate surface area is 109 Å². The van der Waals surface area contributed by atoms with Crippen LogP contribution in [0, 0.1) is 0 Å². The van der Waals surface area contributed by atoms with E-state index < -0.39 is 0 Å². The third-order valence-electron chi connectivity index (χ3n) is 2.60. The van der Waals surface area contributed by atoms with E-state index in [1.165, 1.54) is 0 Å². The summed E-state index contributed by atoms with van der Waals surface area (Å²) in [5, 5.41) is 0.343. The van der Waals surface area contributed by atoms with Crippen LogP contribution in [0.2, 0.25) is 0 Å². The van der Waals surface area contributed by atoms with Crippen LogP contribution in [-0.2, 0) is 4.74 Å². The average molecular weight is 260 g/mol. The maximum absolute atomic E-state index is 6.02. The van der Waals surface area contributed by atoms with Gasteiger partial charge in [0.1, 0.15) is 5.84 Å². The van der Waals surface area contributed by atoms with Gasteiger partial charge in [-0.25, -0.2) is 4.99 Å². The van der Waals surface area contributed by atoms with Crippen molar-refractivity contribution in [3.05, 3.63) is 0 Å². The van der Waals surface area contributed by atoms with E-state index in [-0.39, 0.29) is 6.04 Å². The van der Waals surface area contributed by atoms with Crippen molar-refractivity contribution < 1.29 is 4.74 Å². The first-order valence-electron chi connectivity index (χ1n) is 6.19. The molecule has 1 atom stereocenters. The molecule has 5 heteroatoms. The van der Waals surface area contributed by atoms with Gasteiger partial charge >= 0.3 is 0 Å². The van der Waals surface area contributed by atoms with Crippen LogP contribution in [0.15, 0.2) is 9.98 Å². The summed E-state index contributed by atoms with van der Waals surface area (Å²) in [4.78, 5) is 10.9. The molecule has 0 saturated carbocycles. The molecule has 0 amide bonds. The van der Waals surface area contributed by atoms with Crippen LogP contribution in [0.1, 0.15) is 34.1 Å². The van der Waals surface area contributed by atoms with Gasteiger partial charge in [0.15, 0.2) is 0 Å². The molecule has 0 spiro atoms. The number of amidine groups is 2. The summed E-state index contributed by atoms with van der Waals surface area (Å²) in [5.74, 6) is 0.996. The Hall–Kier alpha value is -0.610. The van der Waals surface area contributed by atoms with Gasteiger partial charge in [-0.2, -0.15) is 0 Å². The summed E-state index contributed by atoms with van der Waals surface area (Å²) in [7, 11) is 0. The maximum Gasteiger partial charge on any atom is 0.219 e. The topological polar surface area (TPSA) is 37.2 Å². The van der Waals surface area contributed by atoms with E-state index >= 15 is 0 Å². The van der Waals surface area contributed by atoms with E-state index in [4.69, 9.17) is 16.3 Å². The third kappa shape index (κ3) is 4.64. The Balaban J connectivity index is 2.78. The molecule has 0 aromatic heterocycles. The minimum Gasteiger partial charge on any atom is -0.377 e. The van der Waals surface area contributed by atoms with Gasteiger partial charge in [0.25, 0.3) is 0 Å². The number of morpholine rings is 1. The Morgan fingerprint density at radius 3 is 2.76 bits per heavy atom. The first kappa shape index (κ1) is 14.5. The Morgan fingerprint density at radius 2 is 2.24 bits per heavy atom. The van der Waals surface area contributed by atoms with Gasteiger partial charge in [-0.15, -0.1) is 0 Å². The van der Waals surface area contributed by atoms with Crippen LogP contribution >= 0.6 is 11.6 Å². The lowest BCUT2D eigenvalue weighted by atomic mass is 10.2. The second kappa shape index (κ2) is 6.97. The minimum absolute atomic E-state index is 0.173. The lowest BCUT2D eigenvalue weighted by molar-refractivity contribution is 0.0325. The molecule has 0 unspecified atom stereocenters. The summed E-state index contributed by atoms with van der Waals surface area (Å²) in [5.41, 5.74) is 0. The average Bonchev–Trinajstić information content (AvgIpc) is 2.26. The number of hydrogen-bond donors (Lipinski definition) is 0. The normalized spacial score (nSPS) is 23.4. The zero-order valence-electron chi connectivity index (χ0n) is 11.1. The fraction of sp³-hybridized carbons (Fsp3) is 0.833. The van der Waals surface area contributed by atoms with Gasteiger partial charge in [0, 0.05) is 19.0 Å². The van der Waals surface area contributed by atoms with E-state index in [1.54, 1.807) is 0 Å². The van der Waals surface area contributed by atoms with E-state index in [0.29, 0.717) is 11.3 Å². The minimum atomic E-state index is 0.173. The summed E-state index contributed by atoms with van der Waals surface area (Å²) in [6, 6.07) is 0.525. The van der Waals surface area contributed by atoms with Crippen LogP contribution in [0.4, 0.5) is 0 Å². The summed E-state index contributed by atoms with van der Waals surface area (Å²) < 4.78 is 5.42. The molecule has 0 aromatic rings. The molecule has 1 saturated heterocycles. The summed E-state index contributed by atoms with van der Waals surface area (Å²) in [6.45, 7) is 10.6. The molecule has 98 valence electrons. The molecule has 1 aliphatic heterocycles. The third-order valence-corrected chi connectivity index (χ3v) is 2.78. The second-order valence-corrected chi connectivity index (χ2v) is 4.83. The highest BCUT2D eigenvalue weighted by atomic mass is 35.5. The van der Waals surface area contributed by atoms with Crippen LogP contribution in [-0.4, -0.2) is 47.9 Å². The van der Waals surface area contributed by atoms with Gasteiger partial charge in [0.05, 0.1) is 19.3 Å². The van der Waals surface area contributed by atoms with Crippen molar-refractivity contribution in [3.63, 3.8) is 0 Å². The van der Waals surface area contributed by atoms with Crippen molar-refractivity contribution in [1.82, 2.24) is 4.90 Å². The van der Waals surface area contributed by atoms with E-state index in [0.717, 1.165) is 32.0 Å².